The Bertz CT molecular complexity index is 1440. The minimum Gasteiger partial charge on any atom is -0.462 e. The van der Waals surface area contributed by atoms with Crippen LogP contribution in [0.2, 0.25) is 0 Å². The molecule has 0 aliphatic heterocycles. The fraction of sp³-hybridized carbons (Fsp3) is 0.898. The van der Waals surface area contributed by atoms with E-state index in [1.807, 2.05) is 0 Å². The van der Waals surface area contributed by atoms with E-state index in [1.54, 1.807) is 0 Å². The zero-order valence-corrected chi connectivity index (χ0v) is 37.6. The lowest BCUT2D eigenvalue weighted by atomic mass is 9.33. The highest BCUT2D eigenvalue weighted by Crippen LogP contribution is 2.75. The number of rotatable bonds is 18. The maximum atomic E-state index is 13.0. The van der Waals surface area contributed by atoms with E-state index in [-0.39, 0.29) is 58.6 Å². The van der Waals surface area contributed by atoms with Crippen LogP contribution in [0.1, 0.15) is 204 Å². The molecule has 2 N–H and O–H groups in total. The van der Waals surface area contributed by atoms with Gasteiger partial charge in [-0.25, -0.2) is 0 Å². The maximum Gasteiger partial charge on any atom is 0.305 e. The Morgan fingerprint density at radius 2 is 1.30 bits per heavy atom. The molecular formula is C49H82O8. The number of hydrogen-bond acceptors (Lipinski definition) is 8. The molecule has 4 saturated carbocycles. The first kappa shape index (κ1) is 46.1. The summed E-state index contributed by atoms with van der Waals surface area (Å²) >= 11 is 0. The summed E-state index contributed by atoms with van der Waals surface area (Å²) in [5.41, 5.74) is -1.27. The first-order valence-corrected chi connectivity index (χ1v) is 23.4. The molecule has 4 fully saturated rings. The zero-order chi connectivity index (χ0) is 41.9. The summed E-state index contributed by atoms with van der Waals surface area (Å²) in [6, 6.07) is 0. The number of aliphatic hydroxyl groups excluding tert-OH is 1. The SMILES string of the molecule is CCCCCCCCCCCCCCCC(=O)OCC1(O)CC2C3=CCC4C5(C)CCC(OC(C)=O)C(C)(C)C5CCC4(C)C3(C)CCC2(C)C(OC(C)=O)C1O. The quantitative estimate of drug-likeness (QED) is 0.0609. The van der Waals surface area contributed by atoms with Crippen LogP contribution in [0.4, 0.5) is 0 Å². The van der Waals surface area contributed by atoms with Gasteiger partial charge < -0.3 is 24.4 Å². The van der Waals surface area contributed by atoms with Gasteiger partial charge in [0.25, 0.3) is 0 Å². The lowest BCUT2D eigenvalue weighted by molar-refractivity contribution is -0.251. The fourth-order valence-electron chi connectivity index (χ4n) is 13.8. The summed E-state index contributed by atoms with van der Waals surface area (Å²) in [6.07, 6.45) is 23.1. The number of carbonyl (C=O) groups excluding carboxylic acids is 3. The summed E-state index contributed by atoms with van der Waals surface area (Å²) in [5, 5.41) is 24.2. The van der Waals surface area contributed by atoms with Crippen LogP contribution >= 0.6 is 0 Å². The Morgan fingerprint density at radius 3 is 1.88 bits per heavy atom. The number of carbonyl (C=O) groups is 3. The molecule has 0 radical (unpaired) electrons. The van der Waals surface area contributed by atoms with Crippen LogP contribution in [0.3, 0.4) is 0 Å². The normalized spacial score (nSPS) is 39.4. The third-order valence-electron chi connectivity index (χ3n) is 17.4. The molecule has 11 unspecified atom stereocenters. The van der Waals surface area contributed by atoms with Crippen molar-refractivity contribution in [2.24, 2.45) is 44.8 Å². The summed E-state index contributed by atoms with van der Waals surface area (Å²) in [7, 11) is 0. The highest BCUT2D eigenvalue weighted by Gasteiger charge is 2.71. The maximum absolute atomic E-state index is 13.0. The van der Waals surface area contributed by atoms with Crippen molar-refractivity contribution in [1.82, 2.24) is 0 Å². The van der Waals surface area contributed by atoms with Gasteiger partial charge in [-0.2, -0.15) is 0 Å². The average molecular weight is 799 g/mol. The highest BCUT2D eigenvalue weighted by atomic mass is 16.6. The van der Waals surface area contributed by atoms with Crippen molar-refractivity contribution in [1.29, 1.82) is 0 Å². The lowest BCUT2D eigenvalue weighted by Crippen LogP contribution is -2.69. The largest absolute Gasteiger partial charge is 0.462 e. The smallest absolute Gasteiger partial charge is 0.305 e. The third kappa shape index (κ3) is 9.08. The molecule has 0 aromatic heterocycles. The number of fused-ring (bicyclic) bond motifs is 7. The molecule has 0 amide bonds. The molecule has 5 rings (SSSR count). The molecule has 5 aliphatic rings. The molecule has 0 saturated heterocycles. The van der Waals surface area contributed by atoms with E-state index in [4.69, 9.17) is 14.2 Å². The lowest BCUT2D eigenvalue weighted by Gasteiger charge is -2.71. The van der Waals surface area contributed by atoms with Crippen LogP contribution in [0, 0.1) is 44.8 Å². The monoisotopic (exact) mass is 799 g/mol. The van der Waals surface area contributed by atoms with Gasteiger partial charge in [0.2, 0.25) is 0 Å². The summed E-state index contributed by atoms with van der Waals surface area (Å²) in [4.78, 5) is 37.7. The van der Waals surface area contributed by atoms with Crippen LogP contribution < -0.4 is 0 Å². The molecule has 8 heteroatoms. The summed E-state index contributed by atoms with van der Waals surface area (Å²) in [5.74, 6) is -0.344. The summed E-state index contributed by atoms with van der Waals surface area (Å²) < 4.78 is 17.7. The van der Waals surface area contributed by atoms with Gasteiger partial charge in [0.15, 0.2) is 0 Å². The molecule has 0 aromatic rings. The van der Waals surface area contributed by atoms with Crippen LogP contribution in [-0.4, -0.2) is 58.6 Å². The van der Waals surface area contributed by atoms with E-state index < -0.39 is 29.2 Å². The van der Waals surface area contributed by atoms with Crippen molar-refractivity contribution >= 4 is 17.9 Å². The number of unbranched alkanes of at least 4 members (excludes halogenated alkanes) is 12. The average Bonchev–Trinajstić information content (AvgIpc) is 3.14. The van der Waals surface area contributed by atoms with Crippen molar-refractivity contribution in [2.75, 3.05) is 6.61 Å². The third-order valence-corrected chi connectivity index (χ3v) is 17.4. The molecule has 0 heterocycles. The molecule has 0 spiro atoms. The van der Waals surface area contributed by atoms with Crippen LogP contribution in [0.25, 0.3) is 0 Å². The first-order valence-electron chi connectivity index (χ1n) is 23.4. The van der Waals surface area contributed by atoms with E-state index in [0.717, 1.165) is 64.2 Å². The predicted octanol–water partition coefficient (Wildman–Crippen LogP) is 11.0. The van der Waals surface area contributed by atoms with Crippen molar-refractivity contribution in [2.45, 2.75) is 227 Å². The van der Waals surface area contributed by atoms with Crippen molar-refractivity contribution < 1.29 is 38.8 Å². The molecule has 11 atom stereocenters. The van der Waals surface area contributed by atoms with Gasteiger partial charge in [0, 0.05) is 31.1 Å². The number of aliphatic hydroxyl groups is 2. The summed E-state index contributed by atoms with van der Waals surface area (Å²) in [6.45, 7) is 19.0. The Balaban J connectivity index is 1.24. The Hall–Kier alpha value is -1.93. The fourth-order valence-corrected chi connectivity index (χ4v) is 13.8. The molecule has 8 nitrogen and oxygen atoms in total. The minimum absolute atomic E-state index is 0.0144. The topological polar surface area (TPSA) is 119 Å². The molecule has 0 aromatic carbocycles. The number of allylic oxidation sites excluding steroid dienone is 2. The van der Waals surface area contributed by atoms with Crippen molar-refractivity contribution in [3.8, 4) is 0 Å². The number of ether oxygens (including phenoxy) is 3. The standard InChI is InChI=1S/C49H82O8/c1-10-11-12-13-14-15-16-17-18-19-20-21-22-23-41(52)55-33-49(54)32-37-36-24-25-39-46(7)28-27-40(56-34(2)50)44(4,5)38(46)26-29-48(39,9)47(36,8)31-30-45(37,6)43(42(49)53)57-35(3)51/h24,37-40,42-43,53-54H,10-23,25-33H2,1-9H3. The molecule has 57 heavy (non-hydrogen) atoms. The second-order valence-corrected chi connectivity index (χ2v) is 21.2. The minimum atomic E-state index is -1.75. The molecule has 326 valence electrons. The van der Waals surface area contributed by atoms with Gasteiger partial charge in [0.05, 0.1) is 0 Å². The Morgan fingerprint density at radius 1 is 0.719 bits per heavy atom. The Kier molecular flexibility index (Phi) is 14.9. The van der Waals surface area contributed by atoms with E-state index >= 15 is 0 Å². The van der Waals surface area contributed by atoms with E-state index in [1.165, 1.54) is 83.6 Å². The van der Waals surface area contributed by atoms with E-state index in [2.05, 4.69) is 54.5 Å². The van der Waals surface area contributed by atoms with Crippen LogP contribution in [0.15, 0.2) is 11.6 Å². The second-order valence-electron chi connectivity index (χ2n) is 21.2. The Labute approximate surface area is 346 Å². The predicted molar refractivity (Wildman–Crippen MR) is 225 cm³/mol. The van der Waals surface area contributed by atoms with E-state index in [9.17, 15) is 24.6 Å². The second kappa shape index (κ2) is 18.4. The van der Waals surface area contributed by atoms with Gasteiger partial charge in [0.1, 0.15) is 30.5 Å². The number of esters is 3. The highest BCUT2D eigenvalue weighted by molar-refractivity contribution is 5.69. The van der Waals surface area contributed by atoms with Gasteiger partial charge in [-0.3, -0.25) is 14.4 Å². The van der Waals surface area contributed by atoms with E-state index in [0.29, 0.717) is 18.3 Å². The first-order chi connectivity index (χ1) is 26.8. The van der Waals surface area contributed by atoms with Crippen molar-refractivity contribution in [3.05, 3.63) is 11.6 Å². The van der Waals surface area contributed by atoms with Crippen LogP contribution in [-0.2, 0) is 28.6 Å². The molecular weight excluding hydrogens is 717 g/mol. The molecule has 5 aliphatic carbocycles. The van der Waals surface area contributed by atoms with Crippen LogP contribution in [0.5, 0.6) is 0 Å². The van der Waals surface area contributed by atoms with Gasteiger partial charge >= 0.3 is 17.9 Å². The van der Waals surface area contributed by atoms with Gasteiger partial charge in [-0.05, 0) is 91.8 Å². The molecule has 0 bridgehead atoms. The zero-order valence-electron chi connectivity index (χ0n) is 37.6. The van der Waals surface area contributed by atoms with Crippen molar-refractivity contribution in [3.63, 3.8) is 0 Å². The van der Waals surface area contributed by atoms with Gasteiger partial charge in [-0.1, -0.05) is 137 Å². The van der Waals surface area contributed by atoms with Gasteiger partial charge in [-0.15, -0.1) is 0 Å². The number of hydrogen-bond donors (Lipinski definition) is 2.